The molecule has 2 unspecified atom stereocenters. The van der Waals surface area contributed by atoms with Crippen LogP contribution in [0.1, 0.15) is 43.4 Å². The van der Waals surface area contributed by atoms with E-state index in [2.05, 4.69) is 11.4 Å². The van der Waals surface area contributed by atoms with E-state index in [0.717, 1.165) is 22.3 Å². The fourth-order valence-electron chi connectivity index (χ4n) is 3.62. The molecule has 0 aliphatic heterocycles. The Morgan fingerprint density at radius 2 is 1.74 bits per heavy atom. The molecule has 0 radical (unpaired) electrons. The summed E-state index contributed by atoms with van der Waals surface area (Å²) in [6.07, 6.45) is 2.64. The van der Waals surface area contributed by atoms with Gasteiger partial charge in [-0.3, -0.25) is 14.4 Å². The largest absolute Gasteiger partial charge is 0.423 e. The van der Waals surface area contributed by atoms with E-state index < -0.39 is 18.0 Å². The van der Waals surface area contributed by atoms with E-state index in [9.17, 15) is 14.4 Å². The number of hydrogen-bond donors (Lipinski definition) is 2. The van der Waals surface area contributed by atoms with Gasteiger partial charge in [-0.05, 0) is 36.1 Å². The first kappa shape index (κ1) is 22.2. The van der Waals surface area contributed by atoms with Crippen molar-refractivity contribution < 1.29 is 23.9 Å². The topological polar surface area (TPSA) is 108 Å². The van der Waals surface area contributed by atoms with Crippen LogP contribution in [-0.4, -0.2) is 30.4 Å². The summed E-state index contributed by atoms with van der Waals surface area (Å²) in [4.78, 5) is 35.4. The highest BCUT2D eigenvalue weighted by Gasteiger charge is 2.27. The van der Waals surface area contributed by atoms with Gasteiger partial charge in [0.1, 0.15) is 0 Å². The smallest absolute Gasteiger partial charge is 0.308 e. The van der Waals surface area contributed by atoms with Gasteiger partial charge in [0.15, 0.2) is 11.5 Å². The third-order valence-corrected chi connectivity index (χ3v) is 4.99. The molecule has 0 aromatic heterocycles. The molecule has 2 atom stereocenters. The Bertz CT molecular complexity index is 1030. The normalized spacial score (nSPS) is 15.9. The number of rotatable bonds is 6. The molecule has 31 heavy (non-hydrogen) atoms. The monoisotopic (exact) mass is 422 g/mol. The number of ether oxygens (including phenoxy) is 2. The van der Waals surface area contributed by atoms with Gasteiger partial charge in [-0.15, -0.1) is 0 Å². The van der Waals surface area contributed by atoms with Crippen LogP contribution in [0.5, 0.6) is 11.5 Å². The average Bonchev–Trinajstić information content (AvgIpc) is 2.73. The van der Waals surface area contributed by atoms with Crippen molar-refractivity contribution in [1.82, 2.24) is 5.32 Å². The van der Waals surface area contributed by atoms with Crippen LogP contribution in [0.4, 0.5) is 0 Å². The minimum absolute atomic E-state index is 0.0159. The number of benzene rings is 2. The van der Waals surface area contributed by atoms with E-state index in [4.69, 9.17) is 15.2 Å². The minimum Gasteiger partial charge on any atom is -0.423 e. The van der Waals surface area contributed by atoms with E-state index in [0.29, 0.717) is 6.42 Å². The number of hydrogen-bond acceptors (Lipinski definition) is 6. The Morgan fingerprint density at radius 3 is 2.35 bits per heavy atom. The molecular formula is C24H26N2O5. The lowest BCUT2D eigenvalue weighted by atomic mass is 9.80. The molecular weight excluding hydrogens is 396 g/mol. The van der Waals surface area contributed by atoms with Gasteiger partial charge in [0.2, 0.25) is 5.91 Å². The fraction of sp³-hybridized carbons (Fsp3) is 0.292. The maximum absolute atomic E-state index is 12.0. The first-order valence-electron chi connectivity index (χ1n) is 10.1. The molecule has 0 bridgehead atoms. The summed E-state index contributed by atoms with van der Waals surface area (Å²) in [5, 5.41) is 2.85. The molecule has 1 aliphatic carbocycles. The highest BCUT2D eigenvalue weighted by atomic mass is 16.6. The molecule has 1 amide bonds. The summed E-state index contributed by atoms with van der Waals surface area (Å²) in [5.41, 5.74) is 9.19. The van der Waals surface area contributed by atoms with Crippen molar-refractivity contribution in [3.05, 3.63) is 65.2 Å². The van der Waals surface area contributed by atoms with E-state index >= 15 is 0 Å². The Morgan fingerprint density at radius 1 is 1.06 bits per heavy atom. The molecule has 0 saturated heterocycles. The SMILES string of the molecule is CC(=O)Oc1ccc2c(c1OC(C)=O)CC(c1ccccc1)C=C2CNC(=O)C(C)N. The van der Waals surface area contributed by atoms with Crippen LogP contribution < -0.4 is 20.5 Å². The molecule has 2 aromatic rings. The van der Waals surface area contributed by atoms with E-state index in [1.54, 1.807) is 13.0 Å². The molecule has 7 nitrogen and oxygen atoms in total. The van der Waals surface area contributed by atoms with Crippen molar-refractivity contribution in [3.8, 4) is 11.5 Å². The van der Waals surface area contributed by atoms with Crippen molar-refractivity contribution in [2.45, 2.75) is 39.2 Å². The second-order valence-electron chi connectivity index (χ2n) is 7.53. The molecule has 0 spiro atoms. The van der Waals surface area contributed by atoms with Gasteiger partial charge in [-0.25, -0.2) is 0 Å². The number of esters is 2. The van der Waals surface area contributed by atoms with Crippen molar-refractivity contribution >= 4 is 23.4 Å². The molecule has 7 heteroatoms. The van der Waals surface area contributed by atoms with Gasteiger partial charge in [-0.2, -0.15) is 0 Å². The van der Waals surface area contributed by atoms with Gasteiger partial charge in [0.25, 0.3) is 0 Å². The minimum atomic E-state index is -0.628. The lowest BCUT2D eigenvalue weighted by molar-refractivity contribution is -0.134. The first-order chi connectivity index (χ1) is 14.8. The number of nitrogens with two attached hydrogens (primary N) is 1. The third-order valence-electron chi connectivity index (χ3n) is 4.99. The van der Waals surface area contributed by atoms with Crippen LogP contribution in [0.25, 0.3) is 5.57 Å². The van der Waals surface area contributed by atoms with Gasteiger partial charge in [0.05, 0.1) is 6.04 Å². The van der Waals surface area contributed by atoms with E-state index in [-0.39, 0.29) is 29.9 Å². The maximum atomic E-state index is 12.0. The lowest BCUT2D eigenvalue weighted by Crippen LogP contribution is -2.39. The Labute approximate surface area is 181 Å². The zero-order chi connectivity index (χ0) is 22.5. The summed E-state index contributed by atoms with van der Waals surface area (Å²) in [5.74, 6) is -0.888. The first-order valence-corrected chi connectivity index (χ1v) is 10.1. The fourth-order valence-corrected chi connectivity index (χ4v) is 3.62. The van der Waals surface area contributed by atoms with Gasteiger partial charge in [-0.1, -0.05) is 42.5 Å². The maximum Gasteiger partial charge on any atom is 0.308 e. The highest BCUT2D eigenvalue weighted by Crippen LogP contribution is 2.43. The summed E-state index contributed by atoms with van der Waals surface area (Å²) < 4.78 is 10.8. The van der Waals surface area contributed by atoms with Crippen LogP contribution in [0, 0.1) is 0 Å². The quantitative estimate of drug-likeness (QED) is 0.547. The van der Waals surface area contributed by atoms with Crippen molar-refractivity contribution in [1.29, 1.82) is 0 Å². The third kappa shape index (κ3) is 5.38. The second-order valence-corrected chi connectivity index (χ2v) is 7.53. The predicted octanol–water partition coefficient (Wildman–Crippen LogP) is 2.72. The van der Waals surface area contributed by atoms with Gasteiger partial charge in [0, 0.05) is 31.9 Å². The number of allylic oxidation sites excluding steroid dienone is 1. The standard InChI is InChI=1S/C24H26N2O5/c1-14(25)24(29)26-13-19-11-18(17-7-5-4-6-8-17)12-21-20(19)9-10-22(30-15(2)27)23(21)31-16(3)28/h4-11,14,18H,12-13,25H2,1-3H3,(H,26,29). The van der Waals surface area contributed by atoms with Gasteiger partial charge < -0.3 is 20.5 Å². The summed E-state index contributed by atoms with van der Waals surface area (Å²) in [6.45, 7) is 4.48. The van der Waals surface area contributed by atoms with E-state index in [1.165, 1.54) is 13.8 Å². The number of fused-ring (bicyclic) bond motifs is 1. The summed E-state index contributed by atoms with van der Waals surface area (Å²) in [6, 6.07) is 12.7. The van der Waals surface area contributed by atoms with Crippen LogP contribution >= 0.6 is 0 Å². The lowest BCUT2D eigenvalue weighted by Gasteiger charge is -2.27. The van der Waals surface area contributed by atoms with Crippen LogP contribution in [0.15, 0.2) is 48.5 Å². The molecule has 2 aromatic carbocycles. The number of amides is 1. The average molecular weight is 422 g/mol. The van der Waals surface area contributed by atoms with Crippen LogP contribution in [0.2, 0.25) is 0 Å². The Balaban J connectivity index is 2.09. The molecule has 0 fully saturated rings. The zero-order valence-corrected chi connectivity index (χ0v) is 17.8. The number of nitrogens with one attached hydrogen (secondary N) is 1. The summed E-state index contributed by atoms with van der Waals surface area (Å²) in [7, 11) is 0. The highest BCUT2D eigenvalue weighted by molar-refractivity contribution is 5.85. The summed E-state index contributed by atoms with van der Waals surface area (Å²) >= 11 is 0. The predicted molar refractivity (Wildman–Crippen MR) is 117 cm³/mol. The zero-order valence-electron chi connectivity index (χ0n) is 17.8. The van der Waals surface area contributed by atoms with Crippen molar-refractivity contribution in [2.24, 2.45) is 5.73 Å². The second kappa shape index (κ2) is 9.57. The Kier molecular flexibility index (Phi) is 6.87. The van der Waals surface area contributed by atoms with Crippen LogP contribution in [0.3, 0.4) is 0 Å². The molecule has 0 saturated carbocycles. The molecule has 1 aliphatic rings. The Hall–Kier alpha value is -3.45. The molecule has 162 valence electrons. The van der Waals surface area contributed by atoms with E-state index in [1.807, 2.05) is 36.4 Å². The van der Waals surface area contributed by atoms with Gasteiger partial charge >= 0.3 is 11.9 Å². The molecule has 3 N–H and O–H groups in total. The molecule has 0 heterocycles. The number of carbonyl (C=O) groups is 3. The van der Waals surface area contributed by atoms with Crippen molar-refractivity contribution in [2.75, 3.05) is 6.54 Å². The van der Waals surface area contributed by atoms with Crippen molar-refractivity contribution in [3.63, 3.8) is 0 Å². The van der Waals surface area contributed by atoms with Crippen LogP contribution in [-0.2, 0) is 20.8 Å². The molecule has 3 rings (SSSR count). The number of carbonyl (C=O) groups excluding carboxylic acids is 3.